The highest BCUT2D eigenvalue weighted by Crippen LogP contribution is 2.26. The van der Waals surface area contributed by atoms with E-state index in [0.29, 0.717) is 11.1 Å². The molecule has 0 aliphatic rings. The summed E-state index contributed by atoms with van der Waals surface area (Å²) in [6.45, 7) is 3.71. The van der Waals surface area contributed by atoms with Crippen molar-refractivity contribution in [1.82, 2.24) is 10.9 Å². The van der Waals surface area contributed by atoms with Crippen molar-refractivity contribution >= 4 is 28.9 Å². The summed E-state index contributed by atoms with van der Waals surface area (Å²) in [4.78, 5) is 12.4. The van der Waals surface area contributed by atoms with Gasteiger partial charge in [-0.3, -0.25) is 15.6 Å². The molecule has 0 aliphatic heterocycles. The minimum Gasteiger partial charge on any atom is -0.331 e. The first-order chi connectivity index (χ1) is 13.9. The molecule has 0 saturated heterocycles. The summed E-state index contributed by atoms with van der Waals surface area (Å²) in [5.74, 6) is -1.23. The number of rotatable bonds is 4. The number of anilines is 1. The number of amides is 1. The topological polar surface area (TPSA) is 53.2 Å². The zero-order valence-corrected chi connectivity index (χ0v) is 17.0. The summed E-state index contributed by atoms with van der Waals surface area (Å²) >= 11 is 5.19. The van der Waals surface area contributed by atoms with Crippen molar-refractivity contribution in [2.24, 2.45) is 0 Å². The fraction of sp³-hybridized carbons (Fsp3) is 0.130. The van der Waals surface area contributed by atoms with Crippen LogP contribution in [0.4, 0.5) is 10.1 Å². The highest BCUT2D eigenvalue weighted by Gasteiger charge is 2.17. The lowest BCUT2D eigenvalue weighted by molar-refractivity contribution is -0.122. The molecule has 0 aromatic heterocycles. The number of benzene rings is 3. The Morgan fingerprint density at radius 2 is 1.66 bits per heavy atom. The van der Waals surface area contributed by atoms with Gasteiger partial charge in [0, 0.05) is 11.3 Å². The lowest BCUT2D eigenvalue weighted by Gasteiger charge is -2.16. The summed E-state index contributed by atoms with van der Waals surface area (Å²) in [6, 6.07) is 21.9. The molecule has 0 aliphatic carbocycles. The molecule has 6 heteroatoms. The van der Waals surface area contributed by atoms with Gasteiger partial charge in [-0.25, -0.2) is 4.39 Å². The summed E-state index contributed by atoms with van der Waals surface area (Å²) in [6.07, 6.45) is 0. The molecule has 0 heterocycles. The molecule has 3 aromatic rings. The van der Waals surface area contributed by atoms with Crippen LogP contribution in [-0.2, 0) is 4.79 Å². The molecule has 148 valence electrons. The smallest absolute Gasteiger partial charge is 0.245 e. The molecule has 3 aromatic carbocycles. The number of halogens is 1. The van der Waals surface area contributed by atoms with E-state index in [4.69, 9.17) is 12.2 Å². The van der Waals surface area contributed by atoms with Crippen LogP contribution in [0.1, 0.15) is 24.0 Å². The van der Waals surface area contributed by atoms with Gasteiger partial charge in [-0.15, -0.1) is 0 Å². The van der Waals surface area contributed by atoms with E-state index in [-0.39, 0.29) is 16.8 Å². The average molecular weight is 408 g/mol. The summed E-state index contributed by atoms with van der Waals surface area (Å²) in [5.41, 5.74) is 9.07. The number of thiocarbonyl (C=S) groups is 1. The monoisotopic (exact) mass is 407 g/mol. The van der Waals surface area contributed by atoms with E-state index in [1.165, 1.54) is 6.07 Å². The van der Waals surface area contributed by atoms with Gasteiger partial charge in [-0.1, -0.05) is 60.2 Å². The van der Waals surface area contributed by atoms with Gasteiger partial charge in [0.2, 0.25) is 5.91 Å². The van der Waals surface area contributed by atoms with Gasteiger partial charge in [0.05, 0.1) is 5.92 Å². The summed E-state index contributed by atoms with van der Waals surface area (Å²) in [5, 5.41) is 3.25. The summed E-state index contributed by atoms with van der Waals surface area (Å²) in [7, 11) is 0. The molecule has 1 atom stereocenters. The van der Waals surface area contributed by atoms with Gasteiger partial charge in [-0.2, -0.15) is 0 Å². The molecule has 29 heavy (non-hydrogen) atoms. The van der Waals surface area contributed by atoms with E-state index in [2.05, 4.69) is 16.2 Å². The highest BCUT2D eigenvalue weighted by atomic mass is 32.1. The van der Waals surface area contributed by atoms with E-state index in [9.17, 15) is 9.18 Å². The normalized spacial score (nSPS) is 11.4. The Morgan fingerprint density at radius 1 is 0.966 bits per heavy atom. The lowest BCUT2D eigenvalue weighted by Crippen LogP contribution is -2.45. The molecule has 3 N–H and O–H groups in total. The maximum atomic E-state index is 14.6. The molecule has 0 spiro atoms. The first-order valence-corrected chi connectivity index (χ1v) is 9.63. The van der Waals surface area contributed by atoms with Crippen molar-refractivity contribution in [3.05, 3.63) is 89.7 Å². The van der Waals surface area contributed by atoms with Crippen LogP contribution in [0.2, 0.25) is 0 Å². The predicted molar refractivity (Wildman–Crippen MR) is 119 cm³/mol. The molecular weight excluding hydrogens is 385 g/mol. The minimum absolute atomic E-state index is 0.264. The SMILES string of the molecule is Cc1ccc(NC(=S)NNC(=O)C(C)c2ccc(-c3ccccc3)c(F)c2)cc1. The number of aryl methyl sites for hydroxylation is 1. The van der Waals surface area contributed by atoms with Crippen LogP contribution in [0.3, 0.4) is 0 Å². The predicted octanol–water partition coefficient (Wildman–Crippen LogP) is 4.92. The van der Waals surface area contributed by atoms with Crippen LogP contribution >= 0.6 is 12.2 Å². The number of hydrogen-bond acceptors (Lipinski definition) is 2. The molecule has 1 unspecified atom stereocenters. The van der Waals surface area contributed by atoms with Gasteiger partial charge in [0.25, 0.3) is 0 Å². The van der Waals surface area contributed by atoms with Crippen LogP contribution in [0.25, 0.3) is 11.1 Å². The van der Waals surface area contributed by atoms with Crippen molar-refractivity contribution in [2.45, 2.75) is 19.8 Å². The number of hydrogen-bond donors (Lipinski definition) is 3. The number of carbonyl (C=O) groups excluding carboxylic acids is 1. The third kappa shape index (κ3) is 5.39. The fourth-order valence-electron chi connectivity index (χ4n) is 2.83. The molecule has 1 amide bonds. The zero-order chi connectivity index (χ0) is 20.8. The molecule has 4 nitrogen and oxygen atoms in total. The van der Waals surface area contributed by atoms with Crippen LogP contribution in [0.15, 0.2) is 72.8 Å². The second-order valence-corrected chi connectivity index (χ2v) is 7.17. The van der Waals surface area contributed by atoms with Crippen LogP contribution in [0.5, 0.6) is 0 Å². The Hall–Kier alpha value is -3.25. The van der Waals surface area contributed by atoms with E-state index >= 15 is 0 Å². The average Bonchev–Trinajstić information content (AvgIpc) is 2.73. The quantitative estimate of drug-likeness (QED) is 0.424. The third-order valence-corrected chi connectivity index (χ3v) is 4.78. The van der Waals surface area contributed by atoms with Crippen LogP contribution < -0.4 is 16.2 Å². The van der Waals surface area contributed by atoms with Gasteiger partial charge in [0.15, 0.2) is 5.11 Å². The molecule has 0 fully saturated rings. The van der Waals surface area contributed by atoms with E-state index in [0.717, 1.165) is 16.8 Å². The van der Waals surface area contributed by atoms with Crippen molar-refractivity contribution in [2.75, 3.05) is 5.32 Å². The molecular formula is C23H22FN3OS. The first kappa shape index (κ1) is 20.5. The van der Waals surface area contributed by atoms with Crippen LogP contribution in [-0.4, -0.2) is 11.0 Å². The van der Waals surface area contributed by atoms with E-state index < -0.39 is 5.92 Å². The lowest BCUT2D eigenvalue weighted by atomic mass is 9.96. The maximum absolute atomic E-state index is 14.6. The Bertz CT molecular complexity index is 1010. The van der Waals surface area contributed by atoms with Gasteiger partial charge in [-0.05, 0) is 55.4 Å². The highest BCUT2D eigenvalue weighted by molar-refractivity contribution is 7.80. The second-order valence-electron chi connectivity index (χ2n) is 6.76. The third-order valence-electron chi connectivity index (χ3n) is 4.58. The zero-order valence-electron chi connectivity index (χ0n) is 16.2. The van der Waals surface area contributed by atoms with Gasteiger partial charge < -0.3 is 5.32 Å². The first-order valence-electron chi connectivity index (χ1n) is 9.22. The van der Waals surface area contributed by atoms with Crippen molar-refractivity contribution in [3.63, 3.8) is 0 Å². The Morgan fingerprint density at radius 3 is 2.31 bits per heavy atom. The Kier molecular flexibility index (Phi) is 6.57. The van der Waals surface area contributed by atoms with Crippen molar-refractivity contribution < 1.29 is 9.18 Å². The molecule has 3 rings (SSSR count). The molecule has 0 saturated carbocycles. The number of carbonyl (C=O) groups is 1. The Balaban J connectivity index is 1.59. The standard InChI is InChI=1S/C23H22FN3OS/c1-15-8-11-19(12-9-15)25-23(29)27-26-22(28)16(2)18-10-13-20(21(24)14-18)17-6-4-3-5-7-17/h3-14,16H,1-2H3,(H,26,28)(H2,25,27,29). The largest absolute Gasteiger partial charge is 0.331 e. The molecule has 0 bridgehead atoms. The number of hydrazine groups is 1. The Labute approximate surface area is 175 Å². The fourth-order valence-corrected chi connectivity index (χ4v) is 3.00. The van der Waals surface area contributed by atoms with Gasteiger partial charge >= 0.3 is 0 Å². The van der Waals surface area contributed by atoms with E-state index in [1.54, 1.807) is 19.1 Å². The van der Waals surface area contributed by atoms with Crippen LogP contribution in [0, 0.1) is 12.7 Å². The molecule has 0 radical (unpaired) electrons. The van der Waals surface area contributed by atoms with Crippen molar-refractivity contribution in [1.29, 1.82) is 0 Å². The van der Waals surface area contributed by atoms with Crippen molar-refractivity contribution in [3.8, 4) is 11.1 Å². The summed E-state index contributed by atoms with van der Waals surface area (Å²) < 4.78 is 14.6. The maximum Gasteiger partial charge on any atom is 0.245 e. The number of nitrogens with one attached hydrogen (secondary N) is 3. The van der Waals surface area contributed by atoms with E-state index in [1.807, 2.05) is 61.5 Å². The van der Waals surface area contributed by atoms with Gasteiger partial charge in [0.1, 0.15) is 5.82 Å². The minimum atomic E-state index is -0.552. The second kappa shape index (κ2) is 9.30.